The van der Waals surface area contributed by atoms with Gasteiger partial charge in [0.25, 0.3) is 0 Å². The molecule has 46 valence electrons. The molecule has 0 spiro atoms. The van der Waals surface area contributed by atoms with E-state index < -0.39 is 0 Å². The highest BCUT2D eigenvalue weighted by Crippen LogP contribution is 1.82. The topological polar surface area (TPSA) is 64.2 Å². The molecule has 1 rings (SSSR count). The monoisotopic (exact) mass is 122 g/mol. The second-order valence-corrected chi connectivity index (χ2v) is 1.41. The maximum absolute atomic E-state index is 4.87. The lowest BCUT2D eigenvalue weighted by atomic mass is 10.4. The van der Waals surface area contributed by atoms with Crippen LogP contribution >= 0.6 is 0 Å². The Morgan fingerprint density at radius 3 is 3.11 bits per heavy atom. The highest BCUT2D eigenvalue weighted by molar-refractivity contribution is 5.76. The summed E-state index contributed by atoms with van der Waals surface area (Å²) < 4.78 is 0. The Labute approximate surface area is 52.4 Å². The number of hydrogen-bond acceptors (Lipinski definition) is 4. The average Bonchev–Trinajstić information content (AvgIpc) is 1.91. The smallest absolute Gasteiger partial charge is 0.116 e. The zero-order valence-electron chi connectivity index (χ0n) is 4.73. The van der Waals surface area contributed by atoms with Crippen LogP contribution in [0.1, 0.15) is 5.69 Å². The summed E-state index contributed by atoms with van der Waals surface area (Å²) in [6.45, 7) is 0. The minimum Gasteiger partial charge on any atom is -0.323 e. The van der Waals surface area contributed by atoms with E-state index in [1.165, 1.54) is 12.5 Å². The molecule has 9 heavy (non-hydrogen) atoms. The first-order valence-corrected chi connectivity index (χ1v) is 2.43. The normalized spacial score (nSPS) is 10.2. The molecule has 0 unspecified atom stereocenters. The molecular formula is C5H6N4. The zero-order valence-corrected chi connectivity index (χ0v) is 4.73. The van der Waals surface area contributed by atoms with E-state index >= 15 is 0 Å². The summed E-state index contributed by atoms with van der Waals surface area (Å²) >= 11 is 0. The fourth-order valence-corrected chi connectivity index (χ4v) is 0.454. The molecule has 0 saturated carbocycles. The Hall–Kier alpha value is -1.45. The number of nitrogens with two attached hydrogens (primary N) is 1. The highest BCUT2D eigenvalue weighted by Gasteiger charge is 1.81. The van der Waals surface area contributed by atoms with Gasteiger partial charge in [-0.15, -0.1) is 0 Å². The average molecular weight is 122 g/mol. The van der Waals surface area contributed by atoms with Crippen molar-refractivity contribution < 1.29 is 0 Å². The van der Waals surface area contributed by atoms with Crippen LogP contribution in [0.25, 0.3) is 0 Å². The van der Waals surface area contributed by atoms with Gasteiger partial charge in [-0.3, -0.25) is 0 Å². The van der Waals surface area contributed by atoms with Gasteiger partial charge in [0, 0.05) is 6.20 Å². The third kappa shape index (κ3) is 1.49. The third-order valence-corrected chi connectivity index (χ3v) is 0.812. The van der Waals surface area contributed by atoms with Gasteiger partial charge in [0.2, 0.25) is 0 Å². The number of rotatable bonds is 1. The van der Waals surface area contributed by atoms with Gasteiger partial charge in [-0.25, -0.2) is 9.97 Å². The van der Waals surface area contributed by atoms with E-state index in [-0.39, 0.29) is 0 Å². The van der Waals surface area contributed by atoms with Gasteiger partial charge in [-0.2, -0.15) is 5.10 Å². The van der Waals surface area contributed by atoms with Crippen LogP contribution in [-0.4, -0.2) is 16.2 Å². The van der Waals surface area contributed by atoms with E-state index in [0.29, 0.717) is 5.69 Å². The number of nitrogens with zero attached hydrogens (tertiary/aromatic N) is 3. The number of hydrogen-bond donors (Lipinski definition) is 1. The Balaban J connectivity index is 2.85. The molecule has 0 aromatic carbocycles. The largest absolute Gasteiger partial charge is 0.323 e. The van der Waals surface area contributed by atoms with E-state index in [2.05, 4.69) is 15.1 Å². The lowest BCUT2D eigenvalue weighted by Gasteiger charge is -1.84. The first kappa shape index (κ1) is 5.68. The molecule has 0 aliphatic rings. The summed E-state index contributed by atoms with van der Waals surface area (Å²) in [5, 5.41) is 3.29. The first-order valence-electron chi connectivity index (χ1n) is 2.43. The van der Waals surface area contributed by atoms with E-state index in [4.69, 9.17) is 5.84 Å². The number of hydrazone groups is 1. The minimum absolute atomic E-state index is 0.715. The molecular weight excluding hydrogens is 116 g/mol. The second kappa shape index (κ2) is 2.76. The Morgan fingerprint density at radius 2 is 2.56 bits per heavy atom. The Kier molecular flexibility index (Phi) is 1.74. The highest BCUT2D eigenvalue weighted by atomic mass is 15.1. The molecule has 4 heteroatoms. The predicted octanol–water partition coefficient (Wildman–Crippen LogP) is -0.231. The molecule has 2 N–H and O–H groups in total. The molecule has 0 radical (unpaired) electrons. The van der Waals surface area contributed by atoms with Gasteiger partial charge in [0.1, 0.15) is 6.33 Å². The molecule has 0 aliphatic carbocycles. The Morgan fingerprint density at radius 1 is 1.67 bits per heavy atom. The molecule has 0 amide bonds. The van der Waals surface area contributed by atoms with Gasteiger partial charge in [-0.05, 0) is 6.07 Å². The summed E-state index contributed by atoms with van der Waals surface area (Å²) in [6.07, 6.45) is 4.53. The van der Waals surface area contributed by atoms with Crippen LogP contribution in [-0.2, 0) is 0 Å². The van der Waals surface area contributed by atoms with Crippen LogP contribution in [0.4, 0.5) is 0 Å². The molecule has 0 saturated heterocycles. The van der Waals surface area contributed by atoms with Gasteiger partial charge < -0.3 is 5.84 Å². The van der Waals surface area contributed by atoms with Crippen molar-refractivity contribution in [2.45, 2.75) is 0 Å². The summed E-state index contributed by atoms with van der Waals surface area (Å²) in [4.78, 5) is 7.54. The van der Waals surface area contributed by atoms with Crippen molar-refractivity contribution in [1.29, 1.82) is 0 Å². The molecule has 1 aromatic rings. The van der Waals surface area contributed by atoms with Crippen molar-refractivity contribution in [3.8, 4) is 0 Å². The van der Waals surface area contributed by atoms with E-state index in [9.17, 15) is 0 Å². The lowest BCUT2D eigenvalue weighted by Crippen LogP contribution is -1.89. The van der Waals surface area contributed by atoms with Crippen LogP contribution in [0.5, 0.6) is 0 Å². The van der Waals surface area contributed by atoms with Crippen LogP contribution in [0.2, 0.25) is 0 Å². The van der Waals surface area contributed by atoms with Crippen LogP contribution in [0.3, 0.4) is 0 Å². The van der Waals surface area contributed by atoms with E-state index in [1.54, 1.807) is 12.3 Å². The maximum Gasteiger partial charge on any atom is 0.116 e. The molecule has 0 atom stereocenters. The minimum atomic E-state index is 0.715. The molecule has 1 aromatic heterocycles. The molecule has 1 heterocycles. The van der Waals surface area contributed by atoms with Crippen LogP contribution in [0, 0.1) is 0 Å². The van der Waals surface area contributed by atoms with Gasteiger partial charge >= 0.3 is 0 Å². The second-order valence-electron chi connectivity index (χ2n) is 1.41. The van der Waals surface area contributed by atoms with Crippen LogP contribution in [0.15, 0.2) is 23.7 Å². The SMILES string of the molecule is N/N=C/c1ccncn1. The molecule has 4 nitrogen and oxygen atoms in total. The standard InChI is InChI=1S/C5H6N4/c6-9-3-5-1-2-7-4-8-5/h1-4H,6H2/b9-3+. The van der Waals surface area contributed by atoms with Gasteiger partial charge in [0.15, 0.2) is 0 Å². The summed E-state index contributed by atoms with van der Waals surface area (Å²) in [5.41, 5.74) is 0.715. The van der Waals surface area contributed by atoms with Crippen molar-refractivity contribution in [2.75, 3.05) is 0 Å². The number of aromatic nitrogens is 2. The van der Waals surface area contributed by atoms with E-state index in [1.807, 2.05) is 0 Å². The van der Waals surface area contributed by atoms with Crippen molar-refractivity contribution in [3.05, 3.63) is 24.3 Å². The quantitative estimate of drug-likeness (QED) is 0.318. The molecule has 0 bridgehead atoms. The summed E-state index contributed by atoms with van der Waals surface area (Å²) in [5.74, 6) is 4.87. The first-order chi connectivity index (χ1) is 4.43. The van der Waals surface area contributed by atoms with Crippen molar-refractivity contribution >= 4 is 6.21 Å². The lowest BCUT2D eigenvalue weighted by molar-refractivity contribution is 1.15. The van der Waals surface area contributed by atoms with Crippen molar-refractivity contribution in [3.63, 3.8) is 0 Å². The summed E-state index contributed by atoms with van der Waals surface area (Å²) in [6, 6.07) is 1.72. The van der Waals surface area contributed by atoms with E-state index in [0.717, 1.165) is 0 Å². The molecule has 0 aliphatic heterocycles. The van der Waals surface area contributed by atoms with Crippen molar-refractivity contribution in [2.24, 2.45) is 10.9 Å². The third-order valence-electron chi connectivity index (χ3n) is 0.812. The Bertz CT molecular complexity index is 193. The zero-order chi connectivity index (χ0) is 6.53. The van der Waals surface area contributed by atoms with Crippen LogP contribution < -0.4 is 5.84 Å². The fourth-order valence-electron chi connectivity index (χ4n) is 0.454. The van der Waals surface area contributed by atoms with Gasteiger partial charge in [0.05, 0.1) is 11.9 Å². The molecule has 0 fully saturated rings. The summed E-state index contributed by atoms with van der Waals surface area (Å²) in [7, 11) is 0. The van der Waals surface area contributed by atoms with Gasteiger partial charge in [-0.1, -0.05) is 0 Å². The van der Waals surface area contributed by atoms with Crippen molar-refractivity contribution in [1.82, 2.24) is 9.97 Å². The predicted molar refractivity (Wildman–Crippen MR) is 33.8 cm³/mol. The fraction of sp³-hybridized carbons (Fsp3) is 0. The maximum atomic E-state index is 4.87.